The highest BCUT2D eigenvalue weighted by molar-refractivity contribution is 5.51. The van der Waals surface area contributed by atoms with Crippen LogP contribution in [0.15, 0.2) is 60.4 Å². The van der Waals surface area contributed by atoms with Crippen molar-refractivity contribution in [3.05, 3.63) is 76.0 Å². The van der Waals surface area contributed by atoms with Gasteiger partial charge >= 0.3 is 0 Å². The highest BCUT2D eigenvalue weighted by Crippen LogP contribution is 2.44. The summed E-state index contributed by atoms with van der Waals surface area (Å²) in [7, 11) is 0. The molecule has 0 radical (unpaired) electrons. The Balaban J connectivity index is 1.59. The predicted octanol–water partition coefficient (Wildman–Crippen LogP) is 3.32. The second kappa shape index (κ2) is 7.77. The van der Waals surface area contributed by atoms with E-state index < -0.39 is 0 Å². The standard InChI is InChI=1S/C20H20N2O5/c23-22(24)15-6-7-18-17(14-15)20(21-9-12-25-13-10-21)19(27-18)8-11-26-16-4-2-1-3-5-16/h1-8,14,20H,9-13H2. The number of fused-ring (bicyclic) bond motifs is 1. The Hall–Kier alpha value is -2.90. The molecule has 1 unspecified atom stereocenters. The summed E-state index contributed by atoms with van der Waals surface area (Å²) in [6, 6.07) is 14.1. The van der Waals surface area contributed by atoms with E-state index in [1.807, 2.05) is 36.4 Å². The first-order valence-electron chi connectivity index (χ1n) is 8.88. The second-order valence-corrected chi connectivity index (χ2v) is 6.36. The zero-order valence-electron chi connectivity index (χ0n) is 14.7. The molecule has 2 aromatic carbocycles. The van der Waals surface area contributed by atoms with Crippen LogP contribution in [0, 0.1) is 10.1 Å². The summed E-state index contributed by atoms with van der Waals surface area (Å²) in [4.78, 5) is 13.0. The third kappa shape index (κ3) is 3.79. The van der Waals surface area contributed by atoms with E-state index in [-0.39, 0.29) is 16.7 Å². The molecule has 2 heterocycles. The molecular formula is C20H20N2O5. The number of morpholine rings is 1. The Morgan fingerprint density at radius 3 is 2.70 bits per heavy atom. The second-order valence-electron chi connectivity index (χ2n) is 6.36. The van der Waals surface area contributed by atoms with Gasteiger partial charge in [-0.05, 0) is 24.3 Å². The molecule has 0 bridgehead atoms. The molecule has 0 aliphatic carbocycles. The number of ether oxygens (including phenoxy) is 3. The SMILES string of the molecule is O=[N+]([O-])c1ccc2c(c1)C(N1CCOCC1)C(=CCOc1ccccc1)O2. The first-order chi connectivity index (χ1) is 13.2. The highest BCUT2D eigenvalue weighted by atomic mass is 16.6. The summed E-state index contributed by atoms with van der Waals surface area (Å²) in [5.41, 5.74) is 0.884. The Morgan fingerprint density at radius 1 is 1.19 bits per heavy atom. The van der Waals surface area contributed by atoms with Gasteiger partial charge in [-0.1, -0.05) is 18.2 Å². The number of nitrogens with zero attached hydrogens (tertiary/aromatic N) is 2. The fourth-order valence-corrected chi connectivity index (χ4v) is 3.39. The van der Waals surface area contributed by atoms with Crippen LogP contribution in [-0.2, 0) is 4.74 Å². The monoisotopic (exact) mass is 368 g/mol. The molecule has 2 aliphatic heterocycles. The maximum atomic E-state index is 11.2. The Labute approximate surface area is 156 Å². The van der Waals surface area contributed by atoms with Crippen LogP contribution in [0.1, 0.15) is 11.6 Å². The lowest BCUT2D eigenvalue weighted by atomic mass is 10.0. The largest absolute Gasteiger partial charge is 0.489 e. The van der Waals surface area contributed by atoms with E-state index in [2.05, 4.69) is 4.90 Å². The van der Waals surface area contributed by atoms with Crippen molar-refractivity contribution < 1.29 is 19.1 Å². The minimum atomic E-state index is -0.378. The van der Waals surface area contributed by atoms with Crippen molar-refractivity contribution >= 4 is 5.69 Å². The van der Waals surface area contributed by atoms with Crippen LogP contribution in [0.4, 0.5) is 5.69 Å². The maximum absolute atomic E-state index is 11.2. The van der Waals surface area contributed by atoms with Gasteiger partial charge in [-0.2, -0.15) is 0 Å². The molecule has 0 saturated carbocycles. The lowest BCUT2D eigenvalue weighted by molar-refractivity contribution is -0.384. The van der Waals surface area contributed by atoms with E-state index in [0.717, 1.165) is 30.2 Å². The number of para-hydroxylation sites is 1. The topological polar surface area (TPSA) is 74.1 Å². The van der Waals surface area contributed by atoms with Gasteiger partial charge in [0.1, 0.15) is 23.9 Å². The van der Waals surface area contributed by atoms with Crippen LogP contribution in [0.2, 0.25) is 0 Å². The van der Waals surface area contributed by atoms with Crippen LogP contribution >= 0.6 is 0 Å². The van der Waals surface area contributed by atoms with Crippen molar-refractivity contribution in [2.75, 3.05) is 32.9 Å². The van der Waals surface area contributed by atoms with E-state index >= 15 is 0 Å². The molecule has 0 spiro atoms. The molecule has 1 atom stereocenters. The zero-order valence-corrected chi connectivity index (χ0v) is 14.7. The van der Waals surface area contributed by atoms with Crippen LogP contribution in [0.25, 0.3) is 0 Å². The van der Waals surface area contributed by atoms with E-state index in [4.69, 9.17) is 14.2 Å². The van der Waals surface area contributed by atoms with E-state index in [1.54, 1.807) is 12.1 Å². The fourth-order valence-electron chi connectivity index (χ4n) is 3.39. The molecule has 0 amide bonds. The van der Waals surface area contributed by atoms with Gasteiger partial charge in [-0.15, -0.1) is 0 Å². The summed E-state index contributed by atoms with van der Waals surface area (Å²) in [5, 5.41) is 11.2. The molecule has 1 saturated heterocycles. The molecule has 140 valence electrons. The van der Waals surface area contributed by atoms with Crippen LogP contribution < -0.4 is 9.47 Å². The Bertz CT molecular complexity index is 847. The number of nitro benzene ring substituents is 1. The molecular weight excluding hydrogens is 348 g/mol. The van der Waals surface area contributed by atoms with Crippen molar-refractivity contribution in [1.82, 2.24) is 4.90 Å². The van der Waals surface area contributed by atoms with Gasteiger partial charge < -0.3 is 14.2 Å². The molecule has 27 heavy (non-hydrogen) atoms. The van der Waals surface area contributed by atoms with Crippen LogP contribution in [0.3, 0.4) is 0 Å². The molecule has 7 heteroatoms. The number of hydrogen-bond donors (Lipinski definition) is 0. The highest BCUT2D eigenvalue weighted by Gasteiger charge is 2.36. The van der Waals surface area contributed by atoms with E-state index in [0.29, 0.717) is 25.6 Å². The average Bonchev–Trinajstić information content (AvgIpc) is 3.07. The van der Waals surface area contributed by atoms with Crippen molar-refractivity contribution in [3.63, 3.8) is 0 Å². The first-order valence-corrected chi connectivity index (χ1v) is 8.88. The normalized spacial score (nSPS) is 20.9. The van der Waals surface area contributed by atoms with Crippen molar-refractivity contribution in [2.24, 2.45) is 0 Å². The number of benzene rings is 2. The molecule has 2 aromatic rings. The maximum Gasteiger partial charge on any atom is 0.270 e. The Kier molecular flexibility index (Phi) is 5.04. The summed E-state index contributed by atoms with van der Waals surface area (Å²) >= 11 is 0. The van der Waals surface area contributed by atoms with Gasteiger partial charge in [0.15, 0.2) is 0 Å². The lowest BCUT2D eigenvalue weighted by Gasteiger charge is -2.32. The zero-order chi connectivity index (χ0) is 18.6. The van der Waals surface area contributed by atoms with Crippen molar-refractivity contribution in [2.45, 2.75) is 6.04 Å². The molecule has 4 rings (SSSR count). The van der Waals surface area contributed by atoms with Gasteiger partial charge in [0.25, 0.3) is 5.69 Å². The number of non-ortho nitro benzene ring substituents is 1. The van der Waals surface area contributed by atoms with E-state index in [1.165, 1.54) is 6.07 Å². The van der Waals surface area contributed by atoms with Gasteiger partial charge in [0.05, 0.1) is 24.2 Å². The quantitative estimate of drug-likeness (QED) is 0.595. The van der Waals surface area contributed by atoms with Gasteiger partial charge in [0.2, 0.25) is 0 Å². The van der Waals surface area contributed by atoms with E-state index in [9.17, 15) is 10.1 Å². The minimum Gasteiger partial charge on any atom is -0.489 e. The molecule has 0 N–H and O–H groups in total. The van der Waals surface area contributed by atoms with Gasteiger partial charge in [0, 0.05) is 30.8 Å². The van der Waals surface area contributed by atoms with Gasteiger partial charge in [-0.3, -0.25) is 15.0 Å². The predicted molar refractivity (Wildman–Crippen MR) is 98.9 cm³/mol. The summed E-state index contributed by atoms with van der Waals surface area (Å²) in [6.07, 6.45) is 1.90. The summed E-state index contributed by atoms with van der Waals surface area (Å²) in [6.45, 7) is 3.11. The fraction of sp³-hybridized carbons (Fsp3) is 0.300. The third-order valence-electron chi connectivity index (χ3n) is 4.68. The molecule has 0 aromatic heterocycles. The van der Waals surface area contributed by atoms with Crippen LogP contribution in [0.5, 0.6) is 11.5 Å². The lowest BCUT2D eigenvalue weighted by Crippen LogP contribution is -2.39. The minimum absolute atomic E-state index is 0.0670. The van der Waals surface area contributed by atoms with Crippen molar-refractivity contribution in [1.29, 1.82) is 0 Å². The van der Waals surface area contributed by atoms with Crippen molar-refractivity contribution in [3.8, 4) is 11.5 Å². The number of nitro groups is 1. The summed E-state index contributed by atoms with van der Waals surface area (Å²) in [5.74, 6) is 2.18. The smallest absolute Gasteiger partial charge is 0.270 e. The average molecular weight is 368 g/mol. The first kappa shape index (κ1) is 17.5. The number of hydrogen-bond acceptors (Lipinski definition) is 6. The molecule has 7 nitrogen and oxygen atoms in total. The summed E-state index contributed by atoms with van der Waals surface area (Å²) < 4.78 is 17.2. The number of rotatable bonds is 5. The van der Waals surface area contributed by atoms with Gasteiger partial charge in [-0.25, -0.2) is 0 Å². The molecule has 2 aliphatic rings. The van der Waals surface area contributed by atoms with Crippen LogP contribution in [-0.4, -0.2) is 42.7 Å². The third-order valence-corrected chi connectivity index (χ3v) is 4.68. The molecule has 1 fully saturated rings. The Morgan fingerprint density at radius 2 is 1.96 bits per heavy atom.